The van der Waals surface area contributed by atoms with Gasteiger partial charge in [-0.05, 0) is 31.2 Å². The minimum absolute atomic E-state index is 0. The molecule has 0 aliphatic carbocycles. The highest BCUT2D eigenvalue weighted by Crippen LogP contribution is 2.12. The third-order valence-corrected chi connectivity index (χ3v) is 1.84. The molecule has 2 N–H and O–H groups in total. The van der Waals surface area contributed by atoms with Gasteiger partial charge >= 0.3 is 0 Å². The van der Waals surface area contributed by atoms with Gasteiger partial charge in [0.1, 0.15) is 11.6 Å². The Morgan fingerprint density at radius 1 is 1.33 bits per heavy atom. The molecule has 0 heterocycles. The molecule has 0 radical (unpaired) electrons. The molecule has 15 heavy (non-hydrogen) atoms. The zero-order valence-corrected chi connectivity index (χ0v) is 8.82. The molecule has 0 saturated carbocycles. The lowest BCUT2D eigenvalue weighted by Gasteiger charge is -2.01. The number of nitrogens with two attached hydrogens (primary N) is 1. The second kappa shape index (κ2) is 6.48. The number of hydrogen-bond acceptors (Lipinski definition) is 2. The van der Waals surface area contributed by atoms with Crippen LogP contribution < -0.4 is 5.73 Å². The number of carbonyl (C=O) groups is 1. The second-order valence-corrected chi connectivity index (χ2v) is 2.94. The molecule has 0 fully saturated rings. The first kappa shape index (κ1) is 14.0. The van der Waals surface area contributed by atoms with Gasteiger partial charge < -0.3 is 5.73 Å². The highest BCUT2D eigenvalue weighted by molar-refractivity contribution is 5.96. The van der Waals surface area contributed by atoms with E-state index in [0.717, 1.165) is 18.2 Å². The second-order valence-electron chi connectivity index (χ2n) is 2.94. The molecule has 84 valence electrons. The first-order valence-electron chi connectivity index (χ1n) is 4.33. The van der Waals surface area contributed by atoms with E-state index in [9.17, 15) is 13.6 Å². The number of carbonyl (C=O) groups excluding carboxylic acids is 1. The predicted molar refractivity (Wildman–Crippen MR) is 56.2 cm³/mol. The highest BCUT2D eigenvalue weighted by atomic mass is 35.5. The van der Waals surface area contributed by atoms with Crippen molar-refractivity contribution in [1.82, 2.24) is 0 Å². The van der Waals surface area contributed by atoms with E-state index in [0.29, 0.717) is 13.0 Å². The van der Waals surface area contributed by atoms with Crippen molar-refractivity contribution in [3.63, 3.8) is 0 Å². The Kier molecular flexibility index (Phi) is 6.05. The average molecular weight is 236 g/mol. The minimum atomic E-state index is -0.687. The van der Waals surface area contributed by atoms with Crippen molar-refractivity contribution in [2.45, 2.75) is 12.8 Å². The monoisotopic (exact) mass is 235 g/mol. The van der Waals surface area contributed by atoms with E-state index in [1.165, 1.54) is 0 Å². The third-order valence-electron chi connectivity index (χ3n) is 1.84. The summed E-state index contributed by atoms with van der Waals surface area (Å²) in [7, 11) is 0. The van der Waals surface area contributed by atoms with E-state index < -0.39 is 17.4 Å². The Bertz CT molecular complexity index is 344. The van der Waals surface area contributed by atoms with Gasteiger partial charge in [0.05, 0.1) is 5.56 Å². The van der Waals surface area contributed by atoms with Crippen LogP contribution in [0.3, 0.4) is 0 Å². The fraction of sp³-hybridized carbons (Fsp3) is 0.300. The molecule has 0 aliphatic rings. The fourth-order valence-electron chi connectivity index (χ4n) is 1.11. The maximum absolute atomic E-state index is 13.0. The number of Topliss-reactive ketones (excluding diaryl/α,β-unsaturated/α-hetero) is 1. The van der Waals surface area contributed by atoms with E-state index in [1.807, 2.05) is 0 Å². The molecule has 0 aliphatic heterocycles. The normalized spacial score (nSPS) is 9.53. The number of rotatable bonds is 4. The molecule has 0 amide bonds. The molecule has 0 atom stereocenters. The van der Waals surface area contributed by atoms with Crippen LogP contribution in [0.2, 0.25) is 0 Å². The number of halogens is 3. The van der Waals surface area contributed by atoms with Crippen molar-refractivity contribution in [3.05, 3.63) is 35.4 Å². The van der Waals surface area contributed by atoms with Crippen molar-refractivity contribution >= 4 is 18.2 Å². The van der Waals surface area contributed by atoms with Crippen molar-refractivity contribution in [2.24, 2.45) is 5.73 Å². The summed E-state index contributed by atoms with van der Waals surface area (Å²) in [6, 6.07) is 2.84. The van der Waals surface area contributed by atoms with Gasteiger partial charge in [-0.15, -0.1) is 12.4 Å². The average Bonchev–Trinajstić information content (AvgIpc) is 2.18. The first-order valence-corrected chi connectivity index (χ1v) is 4.33. The summed E-state index contributed by atoms with van der Waals surface area (Å²) in [6.45, 7) is 0.364. The van der Waals surface area contributed by atoms with Gasteiger partial charge in [0.15, 0.2) is 5.78 Å². The molecular formula is C10H12ClF2NO. The Hall–Kier alpha value is -1.00. The van der Waals surface area contributed by atoms with Crippen molar-refractivity contribution in [2.75, 3.05) is 6.54 Å². The van der Waals surface area contributed by atoms with Crippen molar-refractivity contribution in [3.8, 4) is 0 Å². The molecule has 2 nitrogen and oxygen atoms in total. The number of benzene rings is 1. The van der Waals surface area contributed by atoms with Crippen LogP contribution in [0.1, 0.15) is 23.2 Å². The van der Waals surface area contributed by atoms with E-state index in [2.05, 4.69) is 0 Å². The SMILES string of the molecule is Cl.NCCCC(=O)c1cc(F)ccc1F. The summed E-state index contributed by atoms with van der Waals surface area (Å²) in [5.41, 5.74) is 5.01. The first-order chi connectivity index (χ1) is 6.65. The van der Waals surface area contributed by atoms with Crippen LogP contribution in [0.5, 0.6) is 0 Å². The molecule has 0 unspecified atom stereocenters. The van der Waals surface area contributed by atoms with Crippen molar-refractivity contribution in [1.29, 1.82) is 0 Å². The van der Waals surface area contributed by atoms with Gasteiger partial charge in [0.25, 0.3) is 0 Å². The van der Waals surface area contributed by atoms with Gasteiger partial charge in [-0.25, -0.2) is 8.78 Å². The van der Waals surface area contributed by atoms with Crippen LogP contribution in [-0.2, 0) is 0 Å². The molecule has 0 aromatic heterocycles. The summed E-state index contributed by atoms with van der Waals surface area (Å²) in [6.07, 6.45) is 0.631. The molecule has 1 aromatic carbocycles. The van der Waals surface area contributed by atoms with E-state index in [1.54, 1.807) is 0 Å². The standard InChI is InChI=1S/C10H11F2NO.ClH/c11-7-3-4-9(12)8(6-7)10(14)2-1-5-13;/h3-4,6H,1-2,5,13H2;1H. The topological polar surface area (TPSA) is 43.1 Å². The van der Waals surface area contributed by atoms with E-state index in [4.69, 9.17) is 5.73 Å². The van der Waals surface area contributed by atoms with Crippen LogP contribution in [0, 0.1) is 11.6 Å². The maximum atomic E-state index is 13.0. The summed E-state index contributed by atoms with van der Waals surface area (Å²) in [4.78, 5) is 11.3. The van der Waals surface area contributed by atoms with Gasteiger partial charge in [0.2, 0.25) is 0 Å². The van der Waals surface area contributed by atoms with Crippen LogP contribution in [0.15, 0.2) is 18.2 Å². The predicted octanol–water partition coefficient (Wildman–Crippen LogP) is 2.31. The lowest BCUT2D eigenvalue weighted by atomic mass is 10.1. The summed E-state index contributed by atoms with van der Waals surface area (Å²) < 4.78 is 25.7. The minimum Gasteiger partial charge on any atom is -0.330 e. The van der Waals surface area contributed by atoms with Gasteiger partial charge in [-0.2, -0.15) is 0 Å². The molecule has 0 spiro atoms. The summed E-state index contributed by atoms with van der Waals surface area (Å²) >= 11 is 0. The Balaban J connectivity index is 0.00000196. The van der Waals surface area contributed by atoms with Gasteiger partial charge in [0, 0.05) is 6.42 Å². The smallest absolute Gasteiger partial charge is 0.165 e. The van der Waals surface area contributed by atoms with Crippen LogP contribution in [0.4, 0.5) is 8.78 Å². The number of ketones is 1. The quantitative estimate of drug-likeness (QED) is 0.814. The van der Waals surface area contributed by atoms with E-state index in [-0.39, 0.29) is 24.4 Å². The summed E-state index contributed by atoms with van der Waals surface area (Å²) in [5.74, 6) is -1.71. The highest BCUT2D eigenvalue weighted by Gasteiger charge is 2.11. The van der Waals surface area contributed by atoms with Crippen molar-refractivity contribution < 1.29 is 13.6 Å². The zero-order chi connectivity index (χ0) is 10.6. The lowest BCUT2D eigenvalue weighted by molar-refractivity contribution is 0.0976. The third kappa shape index (κ3) is 3.93. The van der Waals surface area contributed by atoms with Gasteiger partial charge in [-0.3, -0.25) is 4.79 Å². The van der Waals surface area contributed by atoms with Crippen LogP contribution >= 0.6 is 12.4 Å². The molecule has 0 saturated heterocycles. The van der Waals surface area contributed by atoms with Gasteiger partial charge in [-0.1, -0.05) is 0 Å². The zero-order valence-electron chi connectivity index (χ0n) is 8.00. The van der Waals surface area contributed by atoms with Crippen LogP contribution in [-0.4, -0.2) is 12.3 Å². The fourth-order valence-corrected chi connectivity index (χ4v) is 1.11. The summed E-state index contributed by atoms with van der Waals surface area (Å²) in [5, 5.41) is 0. The Labute approximate surface area is 92.9 Å². The molecule has 0 bridgehead atoms. The molecule has 5 heteroatoms. The van der Waals surface area contributed by atoms with Crippen LogP contribution in [0.25, 0.3) is 0 Å². The Morgan fingerprint density at radius 2 is 2.00 bits per heavy atom. The largest absolute Gasteiger partial charge is 0.330 e. The molecule has 1 aromatic rings. The van der Waals surface area contributed by atoms with E-state index >= 15 is 0 Å². The molecular weight excluding hydrogens is 224 g/mol. The lowest BCUT2D eigenvalue weighted by Crippen LogP contribution is -2.07. The number of hydrogen-bond donors (Lipinski definition) is 1. The maximum Gasteiger partial charge on any atom is 0.165 e. The Morgan fingerprint density at radius 3 is 2.60 bits per heavy atom. The molecule has 1 rings (SSSR count).